The number of aromatic hydroxyl groups is 2. The molecule has 2 N–H and O–H groups in total. The van der Waals surface area contributed by atoms with Crippen LogP contribution in [0.1, 0.15) is 0 Å². The van der Waals surface area contributed by atoms with E-state index in [1.165, 1.54) is 22.1 Å². The Morgan fingerprint density at radius 3 is 1.44 bits per heavy atom. The van der Waals surface area contributed by atoms with Gasteiger partial charge in [0.15, 0.2) is 11.5 Å². The van der Waals surface area contributed by atoms with E-state index in [1.807, 2.05) is 0 Å². The van der Waals surface area contributed by atoms with Crippen LogP contribution in [-0.4, -0.2) is 10.2 Å². The molecule has 9 heavy (non-hydrogen) atoms. The van der Waals surface area contributed by atoms with Crippen molar-refractivity contribution in [1.82, 2.24) is 0 Å². The van der Waals surface area contributed by atoms with Crippen LogP contribution in [0.3, 0.4) is 0 Å². The SMILES string of the molecule is Oc1cscc1O.[Y].[Y]. The maximum atomic E-state index is 8.52. The van der Waals surface area contributed by atoms with Gasteiger partial charge in [-0.3, -0.25) is 0 Å². The largest absolute Gasteiger partial charge is 0.504 e. The van der Waals surface area contributed by atoms with E-state index in [-0.39, 0.29) is 76.9 Å². The van der Waals surface area contributed by atoms with Crippen LogP contribution >= 0.6 is 11.3 Å². The smallest absolute Gasteiger partial charge is 0.168 e. The van der Waals surface area contributed by atoms with Crippen molar-refractivity contribution in [1.29, 1.82) is 0 Å². The van der Waals surface area contributed by atoms with Crippen LogP contribution in [-0.2, 0) is 65.4 Å². The average molecular weight is 294 g/mol. The van der Waals surface area contributed by atoms with Gasteiger partial charge < -0.3 is 10.2 Å². The first-order valence-corrected chi connectivity index (χ1v) is 2.69. The van der Waals surface area contributed by atoms with Crippen molar-refractivity contribution in [3.63, 3.8) is 0 Å². The normalized spacial score (nSPS) is 7.11. The van der Waals surface area contributed by atoms with Crippen LogP contribution in [0.25, 0.3) is 0 Å². The van der Waals surface area contributed by atoms with Gasteiger partial charge in [-0.25, -0.2) is 0 Å². The Labute approximate surface area is 107 Å². The molecule has 0 aliphatic carbocycles. The molecule has 1 rings (SSSR count). The summed E-state index contributed by atoms with van der Waals surface area (Å²) in [5.41, 5.74) is 0. The third kappa shape index (κ3) is 4.05. The van der Waals surface area contributed by atoms with Crippen LogP contribution in [0.5, 0.6) is 11.5 Å². The first-order valence-electron chi connectivity index (χ1n) is 1.75. The van der Waals surface area contributed by atoms with E-state index >= 15 is 0 Å². The standard InChI is InChI=1S/C4H4O2S.2Y/c5-3-1-7-2-4(3)6;;/h1-2,5-6H;;. The number of hydrogen-bond donors (Lipinski definition) is 2. The summed E-state index contributed by atoms with van der Waals surface area (Å²) in [5, 5.41) is 20.0. The van der Waals surface area contributed by atoms with Crippen molar-refractivity contribution in [2.45, 2.75) is 0 Å². The molecule has 0 spiro atoms. The average Bonchev–Trinajstić information content (AvgIpc) is 1.91. The van der Waals surface area contributed by atoms with Crippen molar-refractivity contribution < 1.29 is 75.6 Å². The Morgan fingerprint density at radius 1 is 1.00 bits per heavy atom. The minimum atomic E-state index is -0.0370. The summed E-state index contributed by atoms with van der Waals surface area (Å²) in [6.07, 6.45) is 0. The zero-order chi connectivity index (χ0) is 5.28. The van der Waals surface area contributed by atoms with Gasteiger partial charge in [0.05, 0.1) is 0 Å². The van der Waals surface area contributed by atoms with Crippen LogP contribution in [0.2, 0.25) is 0 Å². The molecule has 0 saturated carbocycles. The Hall–Kier alpha value is 1.51. The number of thiophene rings is 1. The fraction of sp³-hybridized carbons (Fsp3) is 0. The molecule has 2 nitrogen and oxygen atoms in total. The molecule has 0 fully saturated rings. The Kier molecular flexibility index (Phi) is 9.09. The van der Waals surface area contributed by atoms with Gasteiger partial charge in [0, 0.05) is 76.2 Å². The van der Waals surface area contributed by atoms with Gasteiger partial charge in [-0.05, 0) is 0 Å². The summed E-state index contributed by atoms with van der Waals surface area (Å²) in [5.74, 6) is -0.0741. The van der Waals surface area contributed by atoms with Gasteiger partial charge in [-0.15, -0.1) is 11.3 Å². The van der Waals surface area contributed by atoms with E-state index in [0.29, 0.717) is 0 Å². The summed E-state index contributed by atoms with van der Waals surface area (Å²) in [6, 6.07) is 0. The topological polar surface area (TPSA) is 40.5 Å². The van der Waals surface area contributed by atoms with Gasteiger partial charge in [-0.1, -0.05) is 0 Å². The Balaban J connectivity index is 0. The molecule has 0 aliphatic rings. The van der Waals surface area contributed by atoms with Gasteiger partial charge in [0.2, 0.25) is 0 Å². The van der Waals surface area contributed by atoms with Gasteiger partial charge >= 0.3 is 0 Å². The Morgan fingerprint density at radius 2 is 1.33 bits per heavy atom. The summed E-state index contributed by atoms with van der Waals surface area (Å²) < 4.78 is 0. The molecule has 0 aromatic carbocycles. The molecule has 0 saturated heterocycles. The van der Waals surface area contributed by atoms with E-state index in [4.69, 9.17) is 10.2 Å². The second-order valence-electron chi connectivity index (χ2n) is 1.14. The number of hydrogen-bond acceptors (Lipinski definition) is 3. The minimum Gasteiger partial charge on any atom is -0.504 e. The summed E-state index contributed by atoms with van der Waals surface area (Å²) in [7, 11) is 0. The third-order valence-electron chi connectivity index (χ3n) is 0.622. The molecule has 1 heterocycles. The van der Waals surface area contributed by atoms with Crippen molar-refractivity contribution >= 4 is 11.3 Å². The van der Waals surface area contributed by atoms with Crippen LogP contribution in [0, 0.1) is 0 Å². The van der Waals surface area contributed by atoms with Crippen LogP contribution < -0.4 is 0 Å². The molecule has 5 heteroatoms. The van der Waals surface area contributed by atoms with Crippen molar-refractivity contribution in [3.05, 3.63) is 10.8 Å². The zero-order valence-electron chi connectivity index (χ0n) is 4.61. The van der Waals surface area contributed by atoms with E-state index in [0.717, 1.165) is 0 Å². The quantitative estimate of drug-likeness (QED) is 0.753. The maximum Gasteiger partial charge on any atom is 0.168 e. The molecule has 2 radical (unpaired) electrons. The van der Waals surface area contributed by atoms with Gasteiger partial charge in [0.25, 0.3) is 0 Å². The molecular formula is C4H4O2SY2. The second-order valence-corrected chi connectivity index (χ2v) is 1.89. The van der Waals surface area contributed by atoms with E-state index in [9.17, 15) is 0 Å². The second kappa shape index (κ2) is 6.23. The molecule has 1 aromatic heterocycles. The van der Waals surface area contributed by atoms with E-state index in [2.05, 4.69) is 0 Å². The third-order valence-corrected chi connectivity index (χ3v) is 1.34. The van der Waals surface area contributed by atoms with E-state index < -0.39 is 0 Å². The summed E-state index contributed by atoms with van der Waals surface area (Å²) in [4.78, 5) is 0. The molecule has 0 aliphatic heterocycles. The van der Waals surface area contributed by atoms with Gasteiger partial charge in [0.1, 0.15) is 0 Å². The van der Waals surface area contributed by atoms with Crippen molar-refractivity contribution in [3.8, 4) is 11.5 Å². The Bertz CT molecular complexity index is 149. The molecule has 0 atom stereocenters. The van der Waals surface area contributed by atoms with E-state index in [1.54, 1.807) is 0 Å². The minimum absolute atomic E-state index is 0. The predicted molar refractivity (Wildman–Crippen MR) is 27.6 cm³/mol. The molecule has 1 aromatic rings. The summed E-state index contributed by atoms with van der Waals surface area (Å²) in [6.45, 7) is 0. The maximum absolute atomic E-state index is 8.52. The molecule has 44 valence electrons. The zero-order valence-corrected chi connectivity index (χ0v) is 11.1. The fourth-order valence-corrected chi connectivity index (χ4v) is 0.851. The van der Waals surface area contributed by atoms with Crippen molar-refractivity contribution in [2.75, 3.05) is 0 Å². The van der Waals surface area contributed by atoms with Crippen LogP contribution in [0.15, 0.2) is 10.8 Å². The molecule has 0 bridgehead atoms. The summed E-state index contributed by atoms with van der Waals surface area (Å²) >= 11 is 1.27. The molecule has 0 unspecified atom stereocenters. The molecular weight excluding hydrogens is 290 g/mol. The number of rotatable bonds is 0. The monoisotopic (exact) mass is 294 g/mol. The first kappa shape index (κ1) is 13.1. The first-order chi connectivity index (χ1) is 3.30. The predicted octanol–water partition coefficient (Wildman–Crippen LogP) is 1.15. The molecule has 0 amide bonds. The fourth-order valence-electron chi connectivity index (χ4n) is 0.284. The van der Waals surface area contributed by atoms with Gasteiger partial charge in [-0.2, -0.15) is 0 Å². The van der Waals surface area contributed by atoms with Crippen molar-refractivity contribution in [2.24, 2.45) is 0 Å². The van der Waals surface area contributed by atoms with Crippen LogP contribution in [0.4, 0.5) is 0 Å².